The van der Waals surface area contributed by atoms with Gasteiger partial charge in [-0.1, -0.05) is 0 Å². The molecule has 1 saturated heterocycles. The number of halogens is 1. The fourth-order valence-corrected chi connectivity index (χ4v) is 4.75. The molecule has 1 aliphatic heterocycles. The third-order valence-electron chi connectivity index (χ3n) is 6.25. The SMILES string of the molecule is CC(C)N(C(=O)CN1CCCC(Oc2cc(F)c(C(=O)OC(C)(C)C)cc2C2CC2)C1)C(C)C. The normalized spacial score (nSPS) is 19.4. The number of rotatable bonds is 8. The first-order chi connectivity index (χ1) is 15.9. The molecular weight excluding hydrogens is 435 g/mol. The van der Waals surface area contributed by atoms with Gasteiger partial charge in [-0.25, -0.2) is 9.18 Å². The minimum atomic E-state index is -0.692. The number of piperidine rings is 1. The van der Waals surface area contributed by atoms with Crippen molar-refractivity contribution in [2.24, 2.45) is 0 Å². The van der Waals surface area contributed by atoms with Crippen molar-refractivity contribution in [3.63, 3.8) is 0 Å². The maximum atomic E-state index is 14.9. The van der Waals surface area contributed by atoms with E-state index in [1.54, 1.807) is 26.8 Å². The van der Waals surface area contributed by atoms with Crippen molar-refractivity contribution < 1.29 is 23.5 Å². The molecule has 1 aromatic carbocycles. The molecule has 1 aliphatic carbocycles. The number of esters is 1. The summed E-state index contributed by atoms with van der Waals surface area (Å²) in [6.45, 7) is 15.3. The van der Waals surface area contributed by atoms with Crippen molar-refractivity contribution >= 4 is 11.9 Å². The molecule has 3 rings (SSSR count). The van der Waals surface area contributed by atoms with Crippen LogP contribution in [0.4, 0.5) is 4.39 Å². The molecule has 6 nitrogen and oxygen atoms in total. The number of benzene rings is 1. The van der Waals surface area contributed by atoms with Crippen molar-refractivity contribution in [1.82, 2.24) is 9.80 Å². The maximum absolute atomic E-state index is 14.9. The third kappa shape index (κ3) is 6.94. The summed E-state index contributed by atoms with van der Waals surface area (Å²) in [6.07, 6.45) is 3.64. The van der Waals surface area contributed by atoms with Crippen molar-refractivity contribution in [3.8, 4) is 5.75 Å². The second-order valence-corrected chi connectivity index (χ2v) is 11.3. The number of amides is 1. The van der Waals surface area contributed by atoms with Crippen LogP contribution in [-0.4, -0.2) is 65.1 Å². The average Bonchev–Trinajstić information content (AvgIpc) is 3.51. The topological polar surface area (TPSA) is 59.1 Å². The molecule has 2 aliphatic rings. The van der Waals surface area contributed by atoms with E-state index in [9.17, 15) is 14.0 Å². The van der Waals surface area contributed by atoms with Crippen molar-refractivity contribution in [2.45, 2.75) is 104 Å². The van der Waals surface area contributed by atoms with Crippen LogP contribution in [0.2, 0.25) is 0 Å². The lowest BCUT2D eigenvalue weighted by Crippen LogP contribution is -2.50. The van der Waals surface area contributed by atoms with E-state index in [0.717, 1.165) is 37.8 Å². The van der Waals surface area contributed by atoms with E-state index in [4.69, 9.17) is 9.47 Å². The van der Waals surface area contributed by atoms with Gasteiger partial charge in [0.15, 0.2) is 0 Å². The van der Waals surface area contributed by atoms with E-state index in [-0.39, 0.29) is 35.6 Å². The molecular formula is C27H41FN2O4. The standard InChI is InChI=1S/C27H41FN2O4/c1-17(2)30(18(3)4)25(31)16-29-12-8-9-20(15-29)33-24-14-23(28)22(13-21(24)19-10-11-19)26(32)34-27(5,6)7/h13-14,17-20H,8-12,15-16H2,1-7H3. The van der Waals surface area contributed by atoms with Gasteiger partial charge in [0.05, 0.1) is 12.1 Å². The summed E-state index contributed by atoms with van der Waals surface area (Å²) >= 11 is 0. The molecule has 0 bridgehead atoms. The van der Waals surface area contributed by atoms with Crippen LogP contribution in [0.5, 0.6) is 5.75 Å². The highest BCUT2D eigenvalue weighted by Crippen LogP contribution is 2.45. The minimum absolute atomic E-state index is 0.0393. The van der Waals surface area contributed by atoms with Gasteiger partial charge in [-0.15, -0.1) is 0 Å². The fourth-order valence-electron chi connectivity index (χ4n) is 4.75. The summed E-state index contributed by atoms with van der Waals surface area (Å²) in [7, 11) is 0. The van der Waals surface area contributed by atoms with Crippen LogP contribution < -0.4 is 4.74 Å². The lowest BCUT2D eigenvalue weighted by Gasteiger charge is -2.36. The number of nitrogens with zero attached hydrogens (tertiary/aromatic N) is 2. The molecule has 190 valence electrons. The van der Waals surface area contributed by atoms with Gasteiger partial charge in [0.2, 0.25) is 5.91 Å². The molecule has 0 aromatic heterocycles. The van der Waals surface area contributed by atoms with E-state index in [0.29, 0.717) is 18.8 Å². The van der Waals surface area contributed by atoms with E-state index in [1.165, 1.54) is 6.07 Å². The zero-order valence-electron chi connectivity index (χ0n) is 21.8. The van der Waals surface area contributed by atoms with Crippen LogP contribution in [-0.2, 0) is 9.53 Å². The molecule has 1 heterocycles. The van der Waals surface area contributed by atoms with E-state index >= 15 is 0 Å². The van der Waals surface area contributed by atoms with E-state index in [2.05, 4.69) is 4.90 Å². The summed E-state index contributed by atoms with van der Waals surface area (Å²) in [6, 6.07) is 3.26. The Morgan fingerprint density at radius 2 is 1.76 bits per heavy atom. The lowest BCUT2D eigenvalue weighted by molar-refractivity contribution is -0.136. The average molecular weight is 477 g/mol. The first-order valence-electron chi connectivity index (χ1n) is 12.6. The number of carbonyl (C=O) groups excluding carboxylic acids is 2. The number of carbonyl (C=O) groups is 2. The Kier molecular flexibility index (Phi) is 8.27. The predicted octanol–water partition coefficient (Wildman–Crippen LogP) is 5.15. The molecule has 1 aromatic rings. The maximum Gasteiger partial charge on any atom is 0.341 e. The molecule has 1 amide bonds. The van der Waals surface area contributed by atoms with Crippen LogP contribution >= 0.6 is 0 Å². The number of ether oxygens (including phenoxy) is 2. The summed E-state index contributed by atoms with van der Waals surface area (Å²) in [5.74, 6) is -0.362. The minimum Gasteiger partial charge on any atom is -0.489 e. The number of likely N-dealkylation sites (tertiary alicyclic amines) is 1. The second-order valence-electron chi connectivity index (χ2n) is 11.3. The highest BCUT2D eigenvalue weighted by Gasteiger charge is 2.33. The Morgan fingerprint density at radius 3 is 2.32 bits per heavy atom. The summed E-state index contributed by atoms with van der Waals surface area (Å²) in [5, 5.41) is 0. The van der Waals surface area contributed by atoms with Crippen LogP contribution in [0.3, 0.4) is 0 Å². The summed E-state index contributed by atoms with van der Waals surface area (Å²) in [4.78, 5) is 29.5. The largest absolute Gasteiger partial charge is 0.489 e. The van der Waals surface area contributed by atoms with E-state index < -0.39 is 17.4 Å². The number of hydrogen-bond acceptors (Lipinski definition) is 5. The highest BCUT2D eigenvalue weighted by molar-refractivity contribution is 5.90. The number of hydrogen-bond donors (Lipinski definition) is 0. The van der Waals surface area contributed by atoms with Crippen molar-refractivity contribution in [3.05, 3.63) is 29.1 Å². The van der Waals surface area contributed by atoms with Gasteiger partial charge in [0.25, 0.3) is 0 Å². The first-order valence-corrected chi connectivity index (χ1v) is 12.6. The monoisotopic (exact) mass is 476 g/mol. The van der Waals surface area contributed by atoms with Crippen molar-refractivity contribution in [1.29, 1.82) is 0 Å². The quantitative estimate of drug-likeness (QED) is 0.486. The van der Waals surface area contributed by atoms with Crippen LogP contribution in [0.1, 0.15) is 96.0 Å². The van der Waals surface area contributed by atoms with Gasteiger partial charge in [0.1, 0.15) is 23.3 Å². The second kappa shape index (κ2) is 10.6. The molecule has 34 heavy (non-hydrogen) atoms. The Morgan fingerprint density at radius 1 is 1.12 bits per heavy atom. The van der Waals surface area contributed by atoms with Gasteiger partial charge < -0.3 is 14.4 Å². The zero-order chi connectivity index (χ0) is 25.2. The van der Waals surface area contributed by atoms with Gasteiger partial charge in [0, 0.05) is 24.7 Å². The van der Waals surface area contributed by atoms with Gasteiger partial charge in [-0.3, -0.25) is 9.69 Å². The zero-order valence-corrected chi connectivity index (χ0v) is 21.8. The van der Waals surface area contributed by atoms with Crippen LogP contribution in [0, 0.1) is 5.82 Å². The summed E-state index contributed by atoms with van der Waals surface area (Å²) in [5.41, 5.74) is 0.144. The Hall–Kier alpha value is -2.15. The molecule has 7 heteroatoms. The lowest BCUT2D eigenvalue weighted by atomic mass is 10.0. The summed E-state index contributed by atoms with van der Waals surface area (Å²) < 4.78 is 26.6. The first kappa shape index (κ1) is 26.5. The molecule has 1 atom stereocenters. The van der Waals surface area contributed by atoms with E-state index in [1.807, 2.05) is 32.6 Å². The third-order valence-corrected chi connectivity index (χ3v) is 6.25. The van der Waals surface area contributed by atoms with Gasteiger partial charge >= 0.3 is 5.97 Å². The highest BCUT2D eigenvalue weighted by atomic mass is 19.1. The Balaban J connectivity index is 1.71. The molecule has 1 saturated carbocycles. The molecule has 0 spiro atoms. The van der Waals surface area contributed by atoms with Crippen molar-refractivity contribution in [2.75, 3.05) is 19.6 Å². The Labute approximate surface area is 203 Å². The van der Waals surface area contributed by atoms with Gasteiger partial charge in [-0.05, 0) is 98.2 Å². The molecule has 0 N–H and O–H groups in total. The fraction of sp³-hybridized carbons (Fsp3) is 0.704. The molecule has 2 fully saturated rings. The smallest absolute Gasteiger partial charge is 0.341 e. The van der Waals surface area contributed by atoms with Crippen LogP contribution in [0.15, 0.2) is 12.1 Å². The van der Waals surface area contributed by atoms with Crippen LogP contribution in [0.25, 0.3) is 0 Å². The Bertz CT molecular complexity index is 881. The molecule has 1 unspecified atom stereocenters. The molecule has 0 radical (unpaired) electrons. The predicted molar refractivity (Wildman–Crippen MR) is 131 cm³/mol. The van der Waals surface area contributed by atoms with Gasteiger partial charge in [-0.2, -0.15) is 0 Å².